The predicted octanol–water partition coefficient (Wildman–Crippen LogP) is 4.25. The maximum atomic E-state index is 12.2. The first-order valence-corrected chi connectivity index (χ1v) is 8.24. The summed E-state index contributed by atoms with van der Waals surface area (Å²) in [5.74, 6) is 0.115. The van der Waals surface area contributed by atoms with Gasteiger partial charge in [-0.1, -0.05) is 24.8 Å². The molecule has 0 saturated heterocycles. The molecule has 0 atom stereocenters. The van der Waals surface area contributed by atoms with E-state index in [9.17, 15) is 4.79 Å². The standard InChI is InChI=1S/C16H12I2O3/c1-2-10-3-5-12(6-4-10)16(20)21-15-13(17)7-11(9-19)8-14(15)18/h2-8,19H,1,9H2. The summed E-state index contributed by atoms with van der Waals surface area (Å²) < 4.78 is 7.06. The largest absolute Gasteiger partial charge is 0.421 e. The van der Waals surface area contributed by atoms with Gasteiger partial charge in [0.2, 0.25) is 0 Å². The van der Waals surface area contributed by atoms with Crippen molar-refractivity contribution < 1.29 is 14.6 Å². The van der Waals surface area contributed by atoms with Gasteiger partial charge in [0, 0.05) is 0 Å². The van der Waals surface area contributed by atoms with E-state index in [1.165, 1.54) is 0 Å². The van der Waals surface area contributed by atoms with E-state index in [1.807, 2.05) is 12.1 Å². The molecule has 2 rings (SSSR count). The van der Waals surface area contributed by atoms with Crippen molar-refractivity contribution in [2.75, 3.05) is 0 Å². The average molecular weight is 506 g/mol. The zero-order chi connectivity index (χ0) is 15.4. The molecule has 0 aliphatic carbocycles. The normalized spacial score (nSPS) is 10.2. The van der Waals surface area contributed by atoms with Crippen LogP contribution in [0.5, 0.6) is 5.75 Å². The molecule has 0 spiro atoms. The minimum atomic E-state index is -0.404. The first-order valence-electron chi connectivity index (χ1n) is 6.08. The lowest BCUT2D eigenvalue weighted by atomic mass is 10.1. The van der Waals surface area contributed by atoms with Crippen molar-refractivity contribution >= 4 is 57.2 Å². The lowest BCUT2D eigenvalue weighted by Gasteiger charge is -2.10. The van der Waals surface area contributed by atoms with Crippen LogP contribution < -0.4 is 4.74 Å². The summed E-state index contributed by atoms with van der Waals surface area (Å²) in [5.41, 5.74) is 2.22. The van der Waals surface area contributed by atoms with Gasteiger partial charge in [0.05, 0.1) is 19.3 Å². The van der Waals surface area contributed by atoms with E-state index in [2.05, 4.69) is 51.8 Å². The van der Waals surface area contributed by atoms with Gasteiger partial charge >= 0.3 is 5.97 Å². The number of rotatable bonds is 4. The van der Waals surface area contributed by atoms with Crippen LogP contribution in [0.15, 0.2) is 43.0 Å². The fraction of sp³-hybridized carbons (Fsp3) is 0.0625. The van der Waals surface area contributed by atoms with Gasteiger partial charge in [0.25, 0.3) is 0 Å². The third-order valence-corrected chi connectivity index (χ3v) is 4.42. The van der Waals surface area contributed by atoms with Crippen LogP contribution in [0.25, 0.3) is 6.08 Å². The predicted molar refractivity (Wildman–Crippen MR) is 99.3 cm³/mol. The second kappa shape index (κ2) is 7.37. The molecule has 0 aliphatic rings. The van der Waals surface area contributed by atoms with Crippen LogP contribution in [0.4, 0.5) is 0 Å². The first kappa shape index (κ1) is 16.4. The van der Waals surface area contributed by atoms with Crippen molar-refractivity contribution in [1.29, 1.82) is 0 Å². The molecule has 0 aromatic heterocycles. The smallest absolute Gasteiger partial charge is 0.343 e. The Balaban J connectivity index is 2.24. The number of halogens is 2. The van der Waals surface area contributed by atoms with Gasteiger partial charge in [0.1, 0.15) is 0 Å². The van der Waals surface area contributed by atoms with Crippen molar-refractivity contribution in [3.8, 4) is 5.75 Å². The van der Waals surface area contributed by atoms with Gasteiger partial charge in [-0.3, -0.25) is 0 Å². The van der Waals surface area contributed by atoms with Gasteiger partial charge in [0.15, 0.2) is 5.75 Å². The van der Waals surface area contributed by atoms with E-state index >= 15 is 0 Å². The minimum absolute atomic E-state index is 0.0384. The summed E-state index contributed by atoms with van der Waals surface area (Å²) in [4.78, 5) is 12.2. The molecule has 0 fully saturated rings. The summed E-state index contributed by atoms with van der Waals surface area (Å²) in [5, 5.41) is 9.16. The molecular formula is C16H12I2O3. The van der Waals surface area contributed by atoms with Gasteiger partial charge < -0.3 is 9.84 Å². The fourth-order valence-corrected chi connectivity index (χ4v) is 3.83. The highest BCUT2D eigenvalue weighted by atomic mass is 127. The number of aliphatic hydroxyl groups is 1. The number of ether oxygens (including phenoxy) is 1. The van der Waals surface area contributed by atoms with E-state index in [-0.39, 0.29) is 6.61 Å². The molecule has 5 heteroatoms. The number of aliphatic hydroxyl groups excluding tert-OH is 1. The Kier molecular flexibility index (Phi) is 5.77. The summed E-state index contributed by atoms with van der Waals surface area (Å²) in [6.07, 6.45) is 1.72. The molecule has 0 saturated carbocycles. The van der Waals surface area contributed by atoms with Gasteiger partial charge in [-0.15, -0.1) is 0 Å². The Labute approximate surface area is 150 Å². The monoisotopic (exact) mass is 506 g/mol. The molecular weight excluding hydrogens is 494 g/mol. The zero-order valence-corrected chi connectivity index (χ0v) is 15.3. The second-order valence-electron chi connectivity index (χ2n) is 4.26. The maximum absolute atomic E-state index is 12.2. The van der Waals surface area contributed by atoms with E-state index in [0.29, 0.717) is 11.3 Å². The van der Waals surface area contributed by atoms with Crippen molar-refractivity contribution in [2.45, 2.75) is 6.61 Å². The highest BCUT2D eigenvalue weighted by Gasteiger charge is 2.14. The van der Waals surface area contributed by atoms with Gasteiger partial charge in [-0.25, -0.2) is 4.79 Å². The summed E-state index contributed by atoms with van der Waals surface area (Å²) in [7, 11) is 0. The van der Waals surface area contributed by atoms with Gasteiger partial charge in [-0.05, 0) is 80.6 Å². The van der Waals surface area contributed by atoms with Crippen LogP contribution in [0.3, 0.4) is 0 Å². The highest BCUT2D eigenvalue weighted by Crippen LogP contribution is 2.29. The number of benzene rings is 2. The molecule has 21 heavy (non-hydrogen) atoms. The Morgan fingerprint density at radius 3 is 2.24 bits per heavy atom. The molecule has 3 nitrogen and oxygen atoms in total. The number of carbonyl (C=O) groups excluding carboxylic acids is 1. The van der Waals surface area contributed by atoms with E-state index in [1.54, 1.807) is 30.3 Å². The Hall–Kier alpha value is -0.930. The Bertz CT molecular complexity index is 655. The second-order valence-corrected chi connectivity index (χ2v) is 6.59. The van der Waals surface area contributed by atoms with E-state index < -0.39 is 5.97 Å². The maximum Gasteiger partial charge on any atom is 0.343 e. The van der Waals surface area contributed by atoms with E-state index in [0.717, 1.165) is 18.3 Å². The molecule has 0 unspecified atom stereocenters. The Morgan fingerprint density at radius 1 is 1.19 bits per heavy atom. The zero-order valence-electron chi connectivity index (χ0n) is 11.0. The third kappa shape index (κ3) is 4.04. The number of carbonyl (C=O) groups is 1. The SMILES string of the molecule is C=Cc1ccc(C(=O)Oc2c(I)cc(CO)cc2I)cc1. The highest BCUT2D eigenvalue weighted by molar-refractivity contribution is 14.1. The van der Waals surface area contributed by atoms with Crippen LogP contribution in [0, 0.1) is 7.14 Å². The molecule has 108 valence electrons. The van der Waals surface area contributed by atoms with Gasteiger partial charge in [-0.2, -0.15) is 0 Å². The summed E-state index contributed by atoms with van der Waals surface area (Å²) in [6.45, 7) is 3.64. The molecule has 0 amide bonds. The van der Waals surface area contributed by atoms with Crippen LogP contribution >= 0.6 is 45.2 Å². The lowest BCUT2D eigenvalue weighted by molar-refractivity contribution is 0.0732. The topological polar surface area (TPSA) is 46.5 Å². The molecule has 1 N–H and O–H groups in total. The quantitative estimate of drug-likeness (QED) is 0.384. The lowest BCUT2D eigenvalue weighted by Crippen LogP contribution is -2.10. The molecule has 2 aromatic rings. The minimum Gasteiger partial charge on any atom is -0.421 e. The average Bonchev–Trinajstić information content (AvgIpc) is 2.50. The Morgan fingerprint density at radius 2 is 1.76 bits per heavy atom. The van der Waals surface area contributed by atoms with Crippen molar-refractivity contribution in [1.82, 2.24) is 0 Å². The number of hydrogen-bond acceptors (Lipinski definition) is 3. The van der Waals surface area contributed by atoms with Crippen LogP contribution in [0.1, 0.15) is 21.5 Å². The van der Waals surface area contributed by atoms with Crippen molar-refractivity contribution in [3.05, 3.63) is 66.8 Å². The fourth-order valence-electron chi connectivity index (χ4n) is 1.71. The number of esters is 1. The van der Waals surface area contributed by atoms with E-state index in [4.69, 9.17) is 9.84 Å². The summed E-state index contributed by atoms with van der Waals surface area (Å²) >= 11 is 4.19. The van der Waals surface area contributed by atoms with Crippen LogP contribution in [-0.2, 0) is 6.61 Å². The summed E-state index contributed by atoms with van der Waals surface area (Å²) in [6, 6.07) is 10.6. The molecule has 0 bridgehead atoms. The van der Waals surface area contributed by atoms with Crippen molar-refractivity contribution in [3.63, 3.8) is 0 Å². The first-order chi connectivity index (χ1) is 10.0. The van der Waals surface area contributed by atoms with Crippen molar-refractivity contribution in [2.24, 2.45) is 0 Å². The third-order valence-electron chi connectivity index (χ3n) is 2.82. The molecule has 2 aromatic carbocycles. The number of hydrogen-bond donors (Lipinski definition) is 1. The van der Waals surface area contributed by atoms with Crippen LogP contribution in [-0.4, -0.2) is 11.1 Å². The van der Waals surface area contributed by atoms with Crippen LogP contribution in [0.2, 0.25) is 0 Å². The molecule has 0 heterocycles. The molecule has 0 aliphatic heterocycles. The molecule has 0 radical (unpaired) electrons.